The molecule has 0 aliphatic carbocycles. The second kappa shape index (κ2) is 6.26. The second-order valence-corrected chi connectivity index (χ2v) is 4.59. The van der Waals surface area contributed by atoms with Gasteiger partial charge in [0.2, 0.25) is 0 Å². The highest BCUT2D eigenvalue weighted by molar-refractivity contribution is 9.10. The summed E-state index contributed by atoms with van der Waals surface area (Å²) >= 11 is 3.27. The van der Waals surface area contributed by atoms with E-state index < -0.39 is 18.6 Å². The topological polar surface area (TPSA) is 35.2 Å². The van der Waals surface area contributed by atoms with E-state index in [-0.39, 0.29) is 13.0 Å². The number of nitrogens with two attached hydrogens (primary N) is 1. The van der Waals surface area contributed by atoms with Crippen molar-refractivity contribution in [3.05, 3.63) is 28.7 Å². The minimum Gasteiger partial charge on any atom is -0.493 e. The van der Waals surface area contributed by atoms with Gasteiger partial charge >= 0.3 is 6.18 Å². The molecule has 0 aliphatic heterocycles. The first kappa shape index (κ1) is 14.3. The molecular weight excluding hydrogens is 299 g/mol. The van der Waals surface area contributed by atoms with Crippen LogP contribution in [0.1, 0.15) is 12.8 Å². The molecule has 0 fully saturated rings. The van der Waals surface area contributed by atoms with E-state index in [1.807, 2.05) is 6.07 Å². The standard InChI is InChI=1S/C11H13BrF3NO/c12-8-2-1-3-10(6-8)17-5-4-9(16)7-11(13,14)15/h1-3,6,9H,4-5,7,16H2. The van der Waals surface area contributed by atoms with Gasteiger partial charge in [-0.3, -0.25) is 0 Å². The first-order valence-electron chi connectivity index (χ1n) is 5.07. The maximum Gasteiger partial charge on any atom is 0.390 e. The van der Waals surface area contributed by atoms with Gasteiger partial charge in [-0.15, -0.1) is 0 Å². The van der Waals surface area contributed by atoms with Crippen LogP contribution in [0.15, 0.2) is 28.7 Å². The Bertz CT molecular complexity index is 357. The van der Waals surface area contributed by atoms with Gasteiger partial charge in [0, 0.05) is 10.5 Å². The Balaban J connectivity index is 2.28. The summed E-state index contributed by atoms with van der Waals surface area (Å²) in [7, 11) is 0. The first-order valence-corrected chi connectivity index (χ1v) is 5.87. The molecule has 1 aromatic rings. The largest absolute Gasteiger partial charge is 0.493 e. The van der Waals surface area contributed by atoms with Gasteiger partial charge in [0.05, 0.1) is 13.0 Å². The number of alkyl halides is 3. The summed E-state index contributed by atoms with van der Waals surface area (Å²) in [4.78, 5) is 0. The Morgan fingerprint density at radius 3 is 2.65 bits per heavy atom. The highest BCUT2D eigenvalue weighted by atomic mass is 79.9. The van der Waals surface area contributed by atoms with Crippen LogP contribution in [-0.2, 0) is 0 Å². The first-order chi connectivity index (χ1) is 7.87. The normalized spacial score (nSPS) is 13.5. The zero-order chi connectivity index (χ0) is 12.9. The van der Waals surface area contributed by atoms with Gasteiger partial charge in [0.25, 0.3) is 0 Å². The summed E-state index contributed by atoms with van der Waals surface area (Å²) in [6.45, 7) is 0.174. The molecule has 1 unspecified atom stereocenters. The highest BCUT2D eigenvalue weighted by Crippen LogP contribution is 2.22. The molecule has 0 saturated carbocycles. The average Bonchev–Trinajstić information content (AvgIpc) is 2.14. The SMILES string of the molecule is NC(CCOc1cccc(Br)c1)CC(F)(F)F. The fourth-order valence-corrected chi connectivity index (χ4v) is 1.66. The molecule has 0 saturated heterocycles. The molecule has 2 nitrogen and oxygen atoms in total. The van der Waals surface area contributed by atoms with E-state index in [2.05, 4.69) is 15.9 Å². The number of hydrogen-bond acceptors (Lipinski definition) is 2. The smallest absolute Gasteiger partial charge is 0.390 e. The lowest BCUT2D eigenvalue weighted by Crippen LogP contribution is -2.29. The molecule has 0 bridgehead atoms. The van der Waals surface area contributed by atoms with Crippen molar-refractivity contribution in [3.63, 3.8) is 0 Å². The summed E-state index contributed by atoms with van der Waals surface area (Å²) in [5, 5.41) is 0. The van der Waals surface area contributed by atoms with Crippen LogP contribution in [0.4, 0.5) is 13.2 Å². The van der Waals surface area contributed by atoms with Crippen molar-refractivity contribution >= 4 is 15.9 Å². The van der Waals surface area contributed by atoms with Crippen molar-refractivity contribution in [3.8, 4) is 5.75 Å². The van der Waals surface area contributed by atoms with Crippen LogP contribution >= 0.6 is 15.9 Å². The van der Waals surface area contributed by atoms with E-state index in [0.29, 0.717) is 5.75 Å². The van der Waals surface area contributed by atoms with Crippen LogP contribution < -0.4 is 10.5 Å². The molecule has 0 amide bonds. The predicted octanol–water partition coefficient (Wildman–Crippen LogP) is 3.50. The molecular formula is C11H13BrF3NO. The Morgan fingerprint density at radius 1 is 1.35 bits per heavy atom. The molecule has 17 heavy (non-hydrogen) atoms. The summed E-state index contributed by atoms with van der Waals surface area (Å²) < 4.78 is 42.1. The van der Waals surface area contributed by atoms with Crippen LogP contribution in [0.2, 0.25) is 0 Å². The average molecular weight is 312 g/mol. The predicted molar refractivity (Wildman–Crippen MR) is 62.9 cm³/mol. The third-order valence-corrected chi connectivity index (χ3v) is 2.54. The van der Waals surface area contributed by atoms with Gasteiger partial charge in [-0.2, -0.15) is 13.2 Å². The zero-order valence-corrected chi connectivity index (χ0v) is 10.6. The van der Waals surface area contributed by atoms with Crippen molar-refractivity contribution in [1.29, 1.82) is 0 Å². The summed E-state index contributed by atoms with van der Waals surface area (Å²) in [6.07, 6.45) is -5.02. The van der Waals surface area contributed by atoms with Crippen molar-refractivity contribution < 1.29 is 17.9 Å². The molecule has 0 aromatic heterocycles. The lowest BCUT2D eigenvalue weighted by atomic mass is 10.1. The van der Waals surface area contributed by atoms with E-state index in [1.165, 1.54) is 0 Å². The summed E-state index contributed by atoms with van der Waals surface area (Å²) in [6, 6.07) is 6.19. The Labute approximate surface area is 106 Å². The minimum atomic E-state index is -4.21. The number of benzene rings is 1. The molecule has 1 rings (SSSR count). The van der Waals surface area contributed by atoms with Gasteiger partial charge in [-0.25, -0.2) is 0 Å². The number of ether oxygens (including phenoxy) is 1. The molecule has 0 aliphatic rings. The summed E-state index contributed by atoms with van der Waals surface area (Å²) in [5.74, 6) is 0.610. The van der Waals surface area contributed by atoms with Crippen LogP contribution in [0.3, 0.4) is 0 Å². The van der Waals surface area contributed by atoms with Crippen molar-refractivity contribution in [2.45, 2.75) is 25.1 Å². The highest BCUT2D eigenvalue weighted by Gasteiger charge is 2.30. The lowest BCUT2D eigenvalue weighted by Gasteiger charge is -2.14. The molecule has 0 radical (unpaired) electrons. The Kier molecular flexibility index (Phi) is 5.27. The molecule has 2 N–H and O–H groups in total. The maximum atomic E-state index is 12.0. The second-order valence-electron chi connectivity index (χ2n) is 3.67. The lowest BCUT2D eigenvalue weighted by molar-refractivity contribution is -0.138. The van der Waals surface area contributed by atoms with Gasteiger partial charge in [0.15, 0.2) is 0 Å². The van der Waals surface area contributed by atoms with Crippen molar-refractivity contribution in [1.82, 2.24) is 0 Å². The minimum absolute atomic E-state index is 0.173. The van der Waals surface area contributed by atoms with Crippen LogP contribution in [0.5, 0.6) is 5.75 Å². The fourth-order valence-electron chi connectivity index (χ4n) is 1.28. The van der Waals surface area contributed by atoms with E-state index in [1.54, 1.807) is 18.2 Å². The Hall–Kier alpha value is -0.750. The van der Waals surface area contributed by atoms with Gasteiger partial charge < -0.3 is 10.5 Å². The van der Waals surface area contributed by atoms with Crippen LogP contribution in [0, 0.1) is 0 Å². The third kappa shape index (κ3) is 6.53. The molecule has 96 valence electrons. The van der Waals surface area contributed by atoms with E-state index in [4.69, 9.17) is 10.5 Å². The van der Waals surface area contributed by atoms with Crippen LogP contribution in [-0.4, -0.2) is 18.8 Å². The Morgan fingerprint density at radius 2 is 2.06 bits per heavy atom. The number of halogens is 4. The van der Waals surface area contributed by atoms with E-state index in [0.717, 1.165) is 4.47 Å². The van der Waals surface area contributed by atoms with Crippen LogP contribution in [0.25, 0.3) is 0 Å². The van der Waals surface area contributed by atoms with Crippen molar-refractivity contribution in [2.24, 2.45) is 5.73 Å². The quantitative estimate of drug-likeness (QED) is 0.903. The van der Waals surface area contributed by atoms with Gasteiger partial charge in [-0.05, 0) is 24.6 Å². The van der Waals surface area contributed by atoms with E-state index in [9.17, 15) is 13.2 Å². The zero-order valence-electron chi connectivity index (χ0n) is 9.01. The number of rotatable bonds is 5. The third-order valence-electron chi connectivity index (χ3n) is 2.05. The van der Waals surface area contributed by atoms with E-state index >= 15 is 0 Å². The molecule has 1 atom stereocenters. The van der Waals surface area contributed by atoms with Gasteiger partial charge in [0.1, 0.15) is 5.75 Å². The monoisotopic (exact) mass is 311 g/mol. The van der Waals surface area contributed by atoms with Crippen molar-refractivity contribution in [2.75, 3.05) is 6.61 Å². The maximum absolute atomic E-state index is 12.0. The van der Waals surface area contributed by atoms with Gasteiger partial charge in [-0.1, -0.05) is 22.0 Å². The summed E-state index contributed by atoms with van der Waals surface area (Å²) in [5.41, 5.74) is 5.34. The molecule has 0 heterocycles. The molecule has 1 aromatic carbocycles. The number of hydrogen-bond donors (Lipinski definition) is 1. The molecule has 6 heteroatoms. The molecule has 0 spiro atoms. The fraction of sp³-hybridized carbons (Fsp3) is 0.455.